The second-order valence-electron chi connectivity index (χ2n) is 4.39. The smallest absolute Gasteiger partial charge is 0.319 e. The van der Waals surface area contributed by atoms with E-state index >= 15 is 0 Å². The Morgan fingerprint density at radius 3 is 2.81 bits per heavy atom. The predicted octanol–water partition coefficient (Wildman–Crippen LogP) is 2.54. The van der Waals surface area contributed by atoms with Crippen LogP contribution in [-0.2, 0) is 9.53 Å². The van der Waals surface area contributed by atoms with Gasteiger partial charge in [-0.3, -0.25) is 4.79 Å². The first kappa shape index (κ1) is 13.9. The summed E-state index contributed by atoms with van der Waals surface area (Å²) in [6.07, 6.45) is 0.671. The average molecular weight is 306 g/mol. The topological polar surface area (TPSA) is 74.5 Å². The minimum atomic E-state index is -0.251. The van der Waals surface area contributed by atoms with Gasteiger partial charge in [0, 0.05) is 12.0 Å². The number of nitrogens with zero attached hydrogens (tertiary/aromatic N) is 2. The molecule has 7 heteroatoms. The Kier molecular flexibility index (Phi) is 4.10. The molecule has 0 aliphatic carbocycles. The van der Waals surface area contributed by atoms with E-state index in [-0.39, 0.29) is 11.2 Å². The van der Waals surface area contributed by atoms with Crippen molar-refractivity contribution in [1.29, 1.82) is 0 Å². The Balaban J connectivity index is 1.70. The van der Waals surface area contributed by atoms with E-state index in [2.05, 4.69) is 10.2 Å². The van der Waals surface area contributed by atoms with Crippen molar-refractivity contribution >= 4 is 17.7 Å². The highest BCUT2D eigenvalue weighted by Crippen LogP contribution is 2.30. The molecule has 1 saturated heterocycles. The fourth-order valence-corrected chi connectivity index (χ4v) is 2.78. The highest BCUT2D eigenvalue weighted by atomic mass is 32.2. The molecule has 110 valence electrons. The maximum atomic E-state index is 11.4. The molecule has 1 aromatic heterocycles. The summed E-state index contributed by atoms with van der Waals surface area (Å²) in [7, 11) is 0. The molecule has 0 unspecified atom stereocenters. The van der Waals surface area contributed by atoms with Crippen LogP contribution in [0.25, 0.3) is 11.5 Å². The van der Waals surface area contributed by atoms with Gasteiger partial charge in [0.05, 0.1) is 13.2 Å². The Morgan fingerprint density at radius 2 is 2.14 bits per heavy atom. The van der Waals surface area contributed by atoms with E-state index in [1.165, 1.54) is 11.8 Å². The van der Waals surface area contributed by atoms with Gasteiger partial charge in [-0.15, -0.1) is 10.2 Å². The van der Waals surface area contributed by atoms with Gasteiger partial charge >= 0.3 is 5.97 Å². The number of thioether (sulfide) groups is 1. The number of ether oxygens (including phenoxy) is 2. The number of hydrogen-bond acceptors (Lipinski definition) is 7. The van der Waals surface area contributed by atoms with Crippen LogP contribution in [0.15, 0.2) is 33.9 Å². The van der Waals surface area contributed by atoms with Gasteiger partial charge in [-0.2, -0.15) is 0 Å². The first-order chi connectivity index (χ1) is 10.3. The van der Waals surface area contributed by atoms with Gasteiger partial charge in [0.25, 0.3) is 5.22 Å². The predicted molar refractivity (Wildman–Crippen MR) is 76.1 cm³/mol. The quantitative estimate of drug-likeness (QED) is 0.786. The van der Waals surface area contributed by atoms with Gasteiger partial charge < -0.3 is 13.9 Å². The molecule has 0 spiro atoms. The normalized spacial score (nSPS) is 17.8. The second-order valence-corrected chi connectivity index (χ2v) is 5.55. The van der Waals surface area contributed by atoms with Gasteiger partial charge in [-0.05, 0) is 43.0 Å². The standard InChI is InChI=1S/C14H14N2O4S/c1-2-18-10-5-3-9(4-6-10)12-15-16-14(20-12)21-11-7-8-19-13(11)17/h3-6,11H,2,7-8H2,1H3/t11-/m0/s1. The second kappa shape index (κ2) is 6.17. The summed E-state index contributed by atoms with van der Waals surface area (Å²) >= 11 is 1.25. The lowest BCUT2D eigenvalue weighted by molar-refractivity contribution is -0.137. The van der Waals surface area contributed by atoms with E-state index in [1.54, 1.807) is 0 Å². The molecule has 1 aliphatic heterocycles. The molecule has 2 heterocycles. The van der Waals surface area contributed by atoms with E-state index in [0.29, 0.717) is 30.7 Å². The molecule has 1 fully saturated rings. The van der Waals surface area contributed by atoms with Crippen LogP contribution in [0.2, 0.25) is 0 Å². The van der Waals surface area contributed by atoms with E-state index in [0.717, 1.165) is 11.3 Å². The number of rotatable bonds is 5. The molecule has 3 rings (SSSR count). The van der Waals surface area contributed by atoms with Crippen LogP contribution in [0.4, 0.5) is 0 Å². The molecule has 0 saturated carbocycles. The zero-order valence-electron chi connectivity index (χ0n) is 11.4. The molecular formula is C14H14N2O4S. The van der Waals surface area contributed by atoms with Crippen molar-refractivity contribution in [2.24, 2.45) is 0 Å². The fraction of sp³-hybridized carbons (Fsp3) is 0.357. The van der Waals surface area contributed by atoms with Crippen molar-refractivity contribution in [3.8, 4) is 17.2 Å². The van der Waals surface area contributed by atoms with Gasteiger partial charge in [0.2, 0.25) is 5.89 Å². The van der Waals surface area contributed by atoms with E-state index in [9.17, 15) is 4.79 Å². The summed E-state index contributed by atoms with van der Waals surface area (Å²) in [5.74, 6) is 0.997. The van der Waals surface area contributed by atoms with E-state index < -0.39 is 0 Å². The Morgan fingerprint density at radius 1 is 1.33 bits per heavy atom. The van der Waals surface area contributed by atoms with Crippen LogP contribution >= 0.6 is 11.8 Å². The molecule has 1 atom stereocenters. The first-order valence-electron chi connectivity index (χ1n) is 6.66. The van der Waals surface area contributed by atoms with E-state index in [4.69, 9.17) is 13.9 Å². The minimum absolute atomic E-state index is 0.221. The third-order valence-electron chi connectivity index (χ3n) is 2.95. The lowest BCUT2D eigenvalue weighted by Gasteiger charge is -2.02. The highest BCUT2D eigenvalue weighted by Gasteiger charge is 2.29. The number of carbonyl (C=O) groups is 1. The zero-order chi connectivity index (χ0) is 14.7. The van der Waals surface area contributed by atoms with Gasteiger partial charge in [0.1, 0.15) is 11.0 Å². The molecule has 1 aliphatic rings. The van der Waals surface area contributed by atoms with Crippen LogP contribution in [-0.4, -0.2) is 34.6 Å². The summed E-state index contributed by atoms with van der Waals surface area (Å²) < 4.78 is 15.9. The largest absolute Gasteiger partial charge is 0.494 e. The highest BCUT2D eigenvalue weighted by molar-refractivity contribution is 8.00. The minimum Gasteiger partial charge on any atom is -0.494 e. The SMILES string of the molecule is CCOc1ccc(-c2nnc(S[C@H]3CCOC3=O)o2)cc1. The summed E-state index contributed by atoms with van der Waals surface area (Å²) in [5.41, 5.74) is 0.812. The molecule has 2 aromatic rings. The summed E-state index contributed by atoms with van der Waals surface area (Å²) in [6.45, 7) is 3.01. The van der Waals surface area contributed by atoms with Crippen molar-refractivity contribution in [1.82, 2.24) is 10.2 Å². The Labute approximate surface area is 125 Å². The first-order valence-corrected chi connectivity index (χ1v) is 7.54. The van der Waals surface area contributed by atoms with Crippen LogP contribution in [0.3, 0.4) is 0 Å². The zero-order valence-corrected chi connectivity index (χ0v) is 12.3. The number of carbonyl (C=O) groups excluding carboxylic acids is 1. The molecule has 0 radical (unpaired) electrons. The summed E-state index contributed by atoms with van der Waals surface area (Å²) in [5, 5.41) is 8.08. The van der Waals surface area contributed by atoms with Crippen LogP contribution in [0.1, 0.15) is 13.3 Å². The molecule has 21 heavy (non-hydrogen) atoms. The lowest BCUT2D eigenvalue weighted by Crippen LogP contribution is -2.09. The third kappa shape index (κ3) is 3.18. The van der Waals surface area contributed by atoms with Crippen molar-refractivity contribution in [2.45, 2.75) is 23.8 Å². The average Bonchev–Trinajstić information content (AvgIpc) is 3.11. The lowest BCUT2D eigenvalue weighted by atomic mass is 10.2. The number of cyclic esters (lactones) is 1. The summed E-state index contributed by atoms with van der Waals surface area (Å²) in [4.78, 5) is 11.4. The molecule has 1 aromatic carbocycles. The number of esters is 1. The monoisotopic (exact) mass is 306 g/mol. The molecule has 0 amide bonds. The summed E-state index contributed by atoms with van der Waals surface area (Å²) in [6, 6.07) is 7.42. The van der Waals surface area contributed by atoms with Crippen molar-refractivity contribution in [2.75, 3.05) is 13.2 Å². The fourth-order valence-electron chi connectivity index (χ4n) is 1.94. The molecule has 6 nitrogen and oxygen atoms in total. The third-order valence-corrected chi connectivity index (χ3v) is 4.03. The molecule has 0 bridgehead atoms. The van der Waals surface area contributed by atoms with Crippen LogP contribution < -0.4 is 4.74 Å². The van der Waals surface area contributed by atoms with Gasteiger partial charge in [0.15, 0.2) is 0 Å². The Hall–Kier alpha value is -2.02. The van der Waals surface area contributed by atoms with Gasteiger partial charge in [-0.25, -0.2) is 0 Å². The number of aromatic nitrogens is 2. The Bertz CT molecular complexity index is 626. The van der Waals surface area contributed by atoms with Crippen LogP contribution in [0, 0.1) is 0 Å². The molecule has 0 N–H and O–H groups in total. The van der Waals surface area contributed by atoms with Gasteiger partial charge in [-0.1, -0.05) is 0 Å². The molecular weight excluding hydrogens is 292 g/mol. The van der Waals surface area contributed by atoms with Crippen molar-refractivity contribution < 1.29 is 18.7 Å². The van der Waals surface area contributed by atoms with E-state index in [1.807, 2.05) is 31.2 Å². The maximum Gasteiger partial charge on any atom is 0.319 e. The number of benzene rings is 1. The van der Waals surface area contributed by atoms with Crippen molar-refractivity contribution in [3.05, 3.63) is 24.3 Å². The van der Waals surface area contributed by atoms with Crippen molar-refractivity contribution in [3.63, 3.8) is 0 Å². The van der Waals surface area contributed by atoms with Crippen LogP contribution in [0.5, 0.6) is 5.75 Å². The number of hydrogen-bond donors (Lipinski definition) is 0. The maximum absolute atomic E-state index is 11.4.